The van der Waals surface area contributed by atoms with Crippen LogP contribution in [0.2, 0.25) is 0 Å². The van der Waals surface area contributed by atoms with Gasteiger partial charge in [0.05, 0.1) is 6.20 Å². The first kappa shape index (κ1) is 11.0. The summed E-state index contributed by atoms with van der Waals surface area (Å²) in [6.45, 7) is 1.76. The van der Waals surface area contributed by atoms with E-state index >= 15 is 0 Å². The second-order valence-corrected chi connectivity index (χ2v) is 4.57. The van der Waals surface area contributed by atoms with Crippen molar-refractivity contribution in [1.82, 2.24) is 15.1 Å². The predicted octanol–water partition coefficient (Wildman–Crippen LogP) is 1.53. The predicted molar refractivity (Wildman–Crippen MR) is 67.9 cm³/mol. The van der Waals surface area contributed by atoms with Crippen molar-refractivity contribution >= 4 is 0 Å². The van der Waals surface area contributed by atoms with Crippen molar-refractivity contribution in [2.75, 3.05) is 6.54 Å². The molecule has 0 aliphatic carbocycles. The molecule has 0 saturated heterocycles. The van der Waals surface area contributed by atoms with Crippen LogP contribution in [0, 0.1) is 11.3 Å². The summed E-state index contributed by atoms with van der Waals surface area (Å²) < 4.78 is 1.65. The maximum atomic E-state index is 9.24. The highest BCUT2D eigenvalue weighted by atomic mass is 15.3. The van der Waals surface area contributed by atoms with Gasteiger partial charge in [-0.1, -0.05) is 24.3 Å². The summed E-state index contributed by atoms with van der Waals surface area (Å²) in [4.78, 5) is 0. The van der Waals surface area contributed by atoms with Crippen LogP contribution in [0.3, 0.4) is 0 Å². The van der Waals surface area contributed by atoms with Gasteiger partial charge in [0.25, 0.3) is 0 Å². The third-order valence-corrected chi connectivity index (χ3v) is 3.54. The second kappa shape index (κ2) is 4.28. The summed E-state index contributed by atoms with van der Waals surface area (Å²) in [5.41, 5.74) is 4.28. The van der Waals surface area contributed by atoms with Crippen molar-refractivity contribution < 1.29 is 0 Å². The Balaban J connectivity index is 2.12. The Morgan fingerprint density at radius 3 is 3.06 bits per heavy atom. The molecule has 1 aromatic heterocycles. The minimum absolute atomic E-state index is 0.221. The van der Waals surface area contributed by atoms with Crippen LogP contribution in [0.15, 0.2) is 30.5 Å². The highest BCUT2D eigenvalue weighted by Gasteiger charge is 2.25. The van der Waals surface area contributed by atoms with Gasteiger partial charge in [0, 0.05) is 31.6 Å². The lowest BCUT2D eigenvalue weighted by atomic mass is 9.86. The molecule has 0 bridgehead atoms. The number of nitrogens with zero attached hydrogens (tertiary/aromatic N) is 3. The number of benzene rings is 1. The smallest absolute Gasteiger partial charge is 0.142 e. The topological polar surface area (TPSA) is 53.6 Å². The van der Waals surface area contributed by atoms with E-state index in [1.165, 1.54) is 11.1 Å². The maximum absolute atomic E-state index is 9.24. The first-order chi connectivity index (χ1) is 8.81. The van der Waals surface area contributed by atoms with Gasteiger partial charge < -0.3 is 5.32 Å². The summed E-state index contributed by atoms with van der Waals surface area (Å²) in [5, 5.41) is 16.8. The lowest BCUT2D eigenvalue weighted by Gasteiger charge is -2.25. The molecule has 4 nitrogen and oxygen atoms in total. The molecule has 90 valence electrons. The molecule has 0 amide bonds. The van der Waals surface area contributed by atoms with Crippen LogP contribution in [0.1, 0.15) is 28.3 Å². The fraction of sp³-hybridized carbons (Fsp3) is 0.286. The van der Waals surface area contributed by atoms with E-state index in [1.807, 2.05) is 13.2 Å². The third-order valence-electron chi connectivity index (χ3n) is 3.54. The number of aromatic nitrogens is 2. The average molecular weight is 238 g/mol. The Hall–Kier alpha value is -2.12. The van der Waals surface area contributed by atoms with E-state index in [9.17, 15) is 5.26 Å². The third kappa shape index (κ3) is 1.60. The molecule has 1 aliphatic rings. The molecule has 1 aromatic carbocycles. The highest BCUT2D eigenvalue weighted by molar-refractivity contribution is 5.44. The molecule has 0 saturated carbocycles. The molecule has 2 heterocycles. The molecule has 1 aliphatic heterocycles. The molecule has 0 fully saturated rings. The molecule has 1 unspecified atom stereocenters. The number of aryl methyl sites for hydroxylation is 1. The van der Waals surface area contributed by atoms with Gasteiger partial charge in [-0.05, 0) is 11.1 Å². The standard InChI is InChI=1S/C14H14N4/c1-18-14(6-15)13(9-17-18)12-8-16-7-10-4-2-3-5-11(10)12/h2-5,9,12,16H,7-8H2,1H3. The zero-order valence-corrected chi connectivity index (χ0v) is 10.2. The van der Waals surface area contributed by atoms with Crippen molar-refractivity contribution in [3.63, 3.8) is 0 Å². The summed E-state index contributed by atoms with van der Waals surface area (Å²) in [7, 11) is 1.81. The van der Waals surface area contributed by atoms with E-state index < -0.39 is 0 Å². The van der Waals surface area contributed by atoms with E-state index in [0.29, 0.717) is 5.69 Å². The molecule has 0 spiro atoms. The molecule has 1 atom stereocenters. The van der Waals surface area contributed by atoms with Crippen LogP contribution in [0.25, 0.3) is 0 Å². The summed E-state index contributed by atoms with van der Waals surface area (Å²) in [6.07, 6.45) is 1.81. The minimum Gasteiger partial charge on any atom is -0.312 e. The number of hydrogen-bond donors (Lipinski definition) is 1. The number of nitriles is 1. The lowest BCUT2D eigenvalue weighted by molar-refractivity contribution is 0.590. The van der Waals surface area contributed by atoms with Crippen LogP contribution in [-0.4, -0.2) is 16.3 Å². The van der Waals surface area contributed by atoms with Gasteiger partial charge in [-0.3, -0.25) is 4.68 Å². The first-order valence-electron chi connectivity index (χ1n) is 6.01. The highest BCUT2D eigenvalue weighted by Crippen LogP contribution is 2.31. The maximum Gasteiger partial charge on any atom is 0.142 e. The lowest BCUT2D eigenvalue weighted by Crippen LogP contribution is -2.29. The normalized spacial score (nSPS) is 18.1. The summed E-state index contributed by atoms with van der Waals surface area (Å²) in [5.74, 6) is 0.221. The monoisotopic (exact) mass is 238 g/mol. The van der Waals surface area contributed by atoms with Gasteiger partial charge in [0.15, 0.2) is 0 Å². The number of rotatable bonds is 1. The fourth-order valence-electron chi connectivity index (χ4n) is 2.62. The largest absolute Gasteiger partial charge is 0.312 e. The average Bonchev–Trinajstić information content (AvgIpc) is 2.79. The van der Waals surface area contributed by atoms with Crippen LogP contribution in [0.4, 0.5) is 0 Å². The first-order valence-corrected chi connectivity index (χ1v) is 6.01. The van der Waals surface area contributed by atoms with Crippen molar-refractivity contribution in [1.29, 1.82) is 5.26 Å². The van der Waals surface area contributed by atoms with E-state index in [2.05, 4.69) is 40.8 Å². The van der Waals surface area contributed by atoms with Gasteiger partial charge in [-0.15, -0.1) is 0 Å². The van der Waals surface area contributed by atoms with Crippen molar-refractivity contribution in [3.05, 3.63) is 52.8 Å². The second-order valence-electron chi connectivity index (χ2n) is 4.57. The van der Waals surface area contributed by atoms with Gasteiger partial charge >= 0.3 is 0 Å². The van der Waals surface area contributed by atoms with Crippen LogP contribution >= 0.6 is 0 Å². The molecule has 0 radical (unpaired) electrons. The summed E-state index contributed by atoms with van der Waals surface area (Å²) in [6, 6.07) is 10.6. The van der Waals surface area contributed by atoms with Crippen LogP contribution in [-0.2, 0) is 13.6 Å². The Morgan fingerprint density at radius 1 is 1.39 bits per heavy atom. The molecular formula is C14H14N4. The van der Waals surface area contributed by atoms with Gasteiger partial charge in [0.1, 0.15) is 11.8 Å². The Labute approximate surface area is 106 Å². The van der Waals surface area contributed by atoms with Gasteiger partial charge in [0.2, 0.25) is 0 Å². The summed E-state index contributed by atoms with van der Waals surface area (Å²) >= 11 is 0. The molecule has 1 N–H and O–H groups in total. The number of hydrogen-bond acceptors (Lipinski definition) is 3. The zero-order chi connectivity index (χ0) is 12.5. The molecule has 2 aromatic rings. The van der Waals surface area contributed by atoms with E-state index in [0.717, 1.165) is 18.7 Å². The fourth-order valence-corrected chi connectivity index (χ4v) is 2.62. The molecule has 3 rings (SSSR count). The van der Waals surface area contributed by atoms with Gasteiger partial charge in [-0.2, -0.15) is 10.4 Å². The van der Waals surface area contributed by atoms with E-state index in [1.54, 1.807) is 4.68 Å². The Kier molecular flexibility index (Phi) is 2.62. The number of nitrogens with one attached hydrogen (secondary N) is 1. The van der Waals surface area contributed by atoms with Crippen LogP contribution in [0.5, 0.6) is 0 Å². The minimum atomic E-state index is 0.221. The van der Waals surface area contributed by atoms with Crippen molar-refractivity contribution in [2.24, 2.45) is 7.05 Å². The van der Waals surface area contributed by atoms with Crippen molar-refractivity contribution in [3.8, 4) is 6.07 Å². The van der Waals surface area contributed by atoms with E-state index in [4.69, 9.17) is 0 Å². The zero-order valence-electron chi connectivity index (χ0n) is 10.2. The molecule has 18 heavy (non-hydrogen) atoms. The van der Waals surface area contributed by atoms with Crippen molar-refractivity contribution in [2.45, 2.75) is 12.5 Å². The number of fused-ring (bicyclic) bond motifs is 1. The Morgan fingerprint density at radius 2 is 2.22 bits per heavy atom. The van der Waals surface area contributed by atoms with E-state index in [-0.39, 0.29) is 5.92 Å². The molecule has 4 heteroatoms. The van der Waals surface area contributed by atoms with Crippen LogP contribution < -0.4 is 5.32 Å². The molecular weight excluding hydrogens is 224 g/mol. The Bertz CT molecular complexity index is 621. The van der Waals surface area contributed by atoms with Gasteiger partial charge in [-0.25, -0.2) is 0 Å². The quantitative estimate of drug-likeness (QED) is 0.819. The SMILES string of the molecule is Cn1ncc(C2CNCc3ccccc32)c1C#N.